The first-order chi connectivity index (χ1) is 14.9. The summed E-state index contributed by atoms with van der Waals surface area (Å²) in [7, 11) is 0. The number of rotatable bonds is 4. The molecule has 1 aliphatic heterocycles. The lowest BCUT2D eigenvalue weighted by Gasteiger charge is -2.51. The van der Waals surface area contributed by atoms with Gasteiger partial charge in [0.1, 0.15) is 17.7 Å². The quantitative estimate of drug-likeness (QED) is 0.747. The van der Waals surface area contributed by atoms with Crippen molar-refractivity contribution in [3.05, 3.63) is 52.9 Å². The molecule has 1 amide bonds. The molecule has 8 heteroatoms. The van der Waals surface area contributed by atoms with E-state index >= 15 is 0 Å². The lowest BCUT2D eigenvalue weighted by Crippen LogP contribution is -2.49. The van der Waals surface area contributed by atoms with E-state index in [-0.39, 0.29) is 11.8 Å². The molecular formula is C23H23F2N5O. The molecule has 160 valence electrons. The highest BCUT2D eigenvalue weighted by molar-refractivity contribution is 5.82. The number of amides is 1. The maximum atomic E-state index is 13.7. The Labute approximate surface area is 179 Å². The summed E-state index contributed by atoms with van der Waals surface area (Å²) in [5.41, 5.74) is 1.86. The fraction of sp³-hybridized carbons (Fsp3) is 0.478. The van der Waals surface area contributed by atoms with Crippen molar-refractivity contribution in [2.75, 3.05) is 0 Å². The number of nitrogens with zero attached hydrogens (tertiary/aromatic N) is 5. The fourth-order valence-corrected chi connectivity index (χ4v) is 5.46. The maximum Gasteiger partial charge on any atom is 0.246 e. The molecule has 6 rings (SSSR count). The summed E-state index contributed by atoms with van der Waals surface area (Å²) in [4.78, 5) is 13.5. The van der Waals surface area contributed by atoms with Gasteiger partial charge < -0.3 is 0 Å². The van der Waals surface area contributed by atoms with Crippen LogP contribution in [0.25, 0.3) is 0 Å². The number of hydrazone groups is 1. The van der Waals surface area contributed by atoms with E-state index in [4.69, 9.17) is 0 Å². The van der Waals surface area contributed by atoms with Crippen LogP contribution < -0.4 is 0 Å². The summed E-state index contributed by atoms with van der Waals surface area (Å²) in [6.45, 7) is 2.58. The summed E-state index contributed by atoms with van der Waals surface area (Å²) < 4.78 is 29.3. The van der Waals surface area contributed by atoms with Crippen molar-refractivity contribution in [1.82, 2.24) is 14.8 Å². The molecule has 3 fully saturated rings. The monoisotopic (exact) mass is 423 g/mol. The third kappa shape index (κ3) is 3.42. The average Bonchev–Trinajstić information content (AvgIpc) is 3.33. The molecule has 31 heavy (non-hydrogen) atoms. The van der Waals surface area contributed by atoms with E-state index in [9.17, 15) is 18.8 Å². The van der Waals surface area contributed by atoms with Crippen LogP contribution in [0.15, 0.2) is 29.5 Å². The second kappa shape index (κ2) is 7.56. The van der Waals surface area contributed by atoms with Crippen LogP contribution in [0.3, 0.4) is 0 Å². The zero-order valence-electron chi connectivity index (χ0n) is 17.2. The highest BCUT2D eigenvalue weighted by Crippen LogP contribution is 2.53. The number of halogens is 2. The van der Waals surface area contributed by atoms with Crippen molar-refractivity contribution in [1.29, 1.82) is 5.26 Å². The molecule has 1 aromatic heterocycles. The fourth-order valence-electron chi connectivity index (χ4n) is 5.46. The van der Waals surface area contributed by atoms with E-state index in [1.807, 2.05) is 11.6 Å². The smallest absolute Gasteiger partial charge is 0.246 e. The second-order valence-electron chi connectivity index (χ2n) is 8.97. The van der Waals surface area contributed by atoms with Crippen LogP contribution in [-0.2, 0) is 11.3 Å². The lowest BCUT2D eigenvalue weighted by atomic mass is 9.55. The van der Waals surface area contributed by atoms with Gasteiger partial charge in [0.15, 0.2) is 0 Å². The minimum absolute atomic E-state index is 0.0635. The molecule has 0 spiro atoms. The number of fused-ring (bicyclic) bond motifs is 2. The van der Waals surface area contributed by atoms with Crippen LogP contribution in [0.1, 0.15) is 48.5 Å². The molecule has 0 N–H and O–H groups in total. The van der Waals surface area contributed by atoms with Gasteiger partial charge in [0, 0.05) is 31.2 Å². The molecule has 1 aromatic carbocycles. The first-order valence-electron chi connectivity index (χ1n) is 10.7. The van der Waals surface area contributed by atoms with Crippen LogP contribution in [0, 0.1) is 53.6 Å². The minimum Gasteiger partial charge on any atom is -0.273 e. The molecule has 0 radical (unpaired) electrons. The van der Waals surface area contributed by atoms with Crippen molar-refractivity contribution in [2.24, 2.45) is 28.8 Å². The van der Waals surface area contributed by atoms with E-state index in [0.29, 0.717) is 41.8 Å². The Bertz CT molecular complexity index is 1080. The minimum atomic E-state index is -0.653. The van der Waals surface area contributed by atoms with Gasteiger partial charge >= 0.3 is 0 Å². The van der Waals surface area contributed by atoms with Gasteiger partial charge in [0.25, 0.3) is 0 Å². The van der Waals surface area contributed by atoms with Crippen molar-refractivity contribution in [2.45, 2.75) is 45.2 Å². The number of nitriles is 1. The van der Waals surface area contributed by atoms with Crippen molar-refractivity contribution < 1.29 is 13.6 Å². The molecule has 0 saturated heterocycles. The molecule has 4 aliphatic rings. The summed E-state index contributed by atoms with van der Waals surface area (Å²) in [5.74, 6) is -0.314. The summed E-state index contributed by atoms with van der Waals surface area (Å²) in [6.07, 6.45) is 6.43. The highest BCUT2D eigenvalue weighted by atomic mass is 19.1. The van der Waals surface area contributed by atoms with Crippen molar-refractivity contribution in [3.8, 4) is 6.07 Å². The first kappa shape index (κ1) is 19.9. The summed E-state index contributed by atoms with van der Waals surface area (Å²) >= 11 is 0. The lowest BCUT2D eigenvalue weighted by molar-refractivity contribution is -0.147. The second-order valence-corrected chi connectivity index (χ2v) is 8.97. The highest BCUT2D eigenvalue weighted by Gasteiger charge is 2.50. The van der Waals surface area contributed by atoms with Gasteiger partial charge in [-0.15, -0.1) is 0 Å². The number of hydrogen-bond donors (Lipinski definition) is 0. The maximum absolute atomic E-state index is 13.7. The van der Waals surface area contributed by atoms with Crippen LogP contribution >= 0.6 is 0 Å². The largest absolute Gasteiger partial charge is 0.273 e. The average molecular weight is 423 g/mol. The van der Waals surface area contributed by atoms with Gasteiger partial charge in [-0.1, -0.05) is 0 Å². The van der Waals surface area contributed by atoms with Crippen LogP contribution in [-0.4, -0.2) is 26.9 Å². The molecule has 3 atom stereocenters. The molecule has 2 bridgehead atoms. The molecule has 1 unspecified atom stereocenters. The van der Waals surface area contributed by atoms with Crippen LogP contribution in [0.2, 0.25) is 0 Å². The number of carbonyl (C=O) groups is 1. The Morgan fingerprint density at radius 2 is 1.94 bits per heavy atom. The summed E-state index contributed by atoms with van der Waals surface area (Å²) in [5, 5.41) is 19.2. The predicted molar refractivity (Wildman–Crippen MR) is 109 cm³/mol. The third-order valence-electron chi connectivity index (χ3n) is 7.28. The molecule has 3 aliphatic carbocycles. The summed E-state index contributed by atoms with van der Waals surface area (Å²) in [6, 6.07) is 5.07. The predicted octanol–water partition coefficient (Wildman–Crippen LogP) is 3.96. The molecule has 3 saturated carbocycles. The molecule has 2 heterocycles. The van der Waals surface area contributed by atoms with Crippen molar-refractivity contribution >= 4 is 12.1 Å². The number of aromatic nitrogens is 2. The standard InChI is InChI=1S/C23H23F2N5O/c1-13-18(10-26)11-28-29(13)12-17-8-21(15-4-14(17)5-15)23(31)30-22(2-3-27-30)16-6-19(24)9-20(25)7-16/h3,6-7,9,11,14-15,17,21-22H,2,4-5,8,12H2,1H3/t14?,15?,17-,21-,22?/m0/s1. The van der Waals surface area contributed by atoms with Crippen LogP contribution in [0.4, 0.5) is 8.78 Å². The van der Waals surface area contributed by atoms with E-state index in [1.54, 1.807) is 12.4 Å². The Morgan fingerprint density at radius 1 is 1.19 bits per heavy atom. The van der Waals surface area contributed by atoms with E-state index < -0.39 is 17.7 Å². The first-order valence-corrected chi connectivity index (χ1v) is 10.7. The van der Waals surface area contributed by atoms with Gasteiger partial charge in [-0.05, 0) is 61.6 Å². The Balaban J connectivity index is 1.33. The van der Waals surface area contributed by atoms with Gasteiger partial charge in [0.05, 0.1) is 23.5 Å². The Morgan fingerprint density at radius 3 is 2.61 bits per heavy atom. The third-order valence-corrected chi connectivity index (χ3v) is 7.28. The molecular weight excluding hydrogens is 400 g/mol. The SMILES string of the molecule is Cc1c(C#N)cnn1C[C@@H]1C[C@H](C(=O)N2N=CCC2c2cc(F)cc(F)c2)C2CC1C2. The van der Waals surface area contributed by atoms with E-state index in [2.05, 4.69) is 16.3 Å². The Kier molecular flexibility index (Phi) is 4.84. The Hall–Kier alpha value is -3.08. The van der Waals surface area contributed by atoms with Crippen LogP contribution in [0.5, 0.6) is 0 Å². The van der Waals surface area contributed by atoms with Crippen molar-refractivity contribution in [3.63, 3.8) is 0 Å². The number of hydrogen-bond acceptors (Lipinski definition) is 4. The topological polar surface area (TPSA) is 74.3 Å². The number of benzene rings is 1. The number of carbonyl (C=O) groups excluding carboxylic acids is 1. The van der Waals surface area contributed by atoms with Gasteiger partial charge in [-0.2, -0.15) is 15.5 Å². The normalized spacial score (nSPS) is 29.0. The zero-order valence-corrected chi connectivity index (χ0v) is 17.2. The van der Waals surface area contributed by atoms with Gasteiger partial charge in [-0.3, -0.25) is 9.48 Å². The van der Waals surface area contributed by atoms with Gasteiger partial charge in [0.2, 0.25) is 5.91 Å². The molecule has 2 aromatic rings. The van der Waals surface area contributed by atoms with E-state index in [0.717, 1.165) is 31.0 Å². The molecule has 6 nitrogen and oxygen atoms in total. The zero-order chi connectivity index (χ0) is 21.7. The van der Waals surface area contributed by atoms with Gasteiger partial charge in [-0.25, -0.2) is 13.8 Å². The van der Waals surface area contributed by atoms with E-state index in [1.165, 1.54) is 17.1 Å².